The standard InChI is InChI=1S/C25H26N4O2/c1-28-24-8-7-23(16-22(24)6-9-25(28)30)31-15-14-29(19-21-5-3-12-27-18-21)13-10-20-4-2-11-26-17-20/h2-9,11-12,16-18H,10,13-15,19H2,1H3. The maximum absolute atomic E-state index is 11.8. The molecule has 31 heavy (non-hydrogen) atoms. The summed E-state index contributed by atoms with van der Waals surface area (Å²) < 4.78 is 7.69. The van der Waals surface area contributed by atoms with Gasteiger partial charge < -0.3 is 9.30 Å². The number of benzene rings is 1. The lowest BCUT2D eigenvalue weighted by Gasteiger charge is -2.22. The third-order valence-corrected chi connectivity index (χ3v) is 5.34. The molecule has 6 heteroatoms. The van der Waals surface area contributed by atoms with Gasteiger partial charge in [0.1, 0.15) is 12.4 Å². The molecule has 0 fully saturated rings. The van der Waals surface area contributed by atoms with Gasteiger partial charge in [0.05, 0.1) is 5.52 Å². The summed E-state index contributed by atoms with van der Waals surface area (Å²) in [5, 5.41) is 0.989. The largest absolute Gasteiger partial charge is 0.492 e. The second kappa shape index (κ2) is 10.00. The molecule has 0 amide bonds. The van der Waals surface area contributed by atoms with Crippen LogP contribution < -0.4 is 10.3 Å². The van der Waals surface area contributed by atoms with E-state index in [-0.39, 0.29) is 5.56 Å². The molecule has 6 nitrogen and oxygen atoms in total. The van der Waals surface area contributed by atoms with Crippen molar-refractivity contribution in [1.29, 1.82) is 0 Å². The molecule has 0 saturated carbocycles. The van der Waals surface area contributed by atoms with Crippen LogP contribution >= 0.6 is 0 Å². The van der Waals surface area contributed by atoms with E-state index < -0.39 is 0 Å². The van der Waals surface area contributed by atoms with Crippen LogP contribution in [0.3, 0.4) is 0 Å². The van der Waals surface area contributed by atoms with Crippen LogP contribution in [0.4, 0.5) is 0 Å². The second-order valence-corrected chi connectivity index (χ2v) is 7.55. The lowest BCUT2D eigenvalue weighted by Crippen LogP contribution is -2.30. The molecule has 0 aliphatic heterocycles. The Labute approximate surface area is 181 Å². The normalized spacial score (nSPS) is 11.2. The summed E-state index contributed by atoms with van der Waals surface area (Å²) in [6, 6.07) is 17.4. The van der Waals surface area contributed by atoms with E-state index in [0.29, 0.717) is 6.61 Å². The van der Waals surface area contributed by atoms with Crippen LogP contribution in [0.25, 0.3) is 10.9 Å². The zero-order valence-corrected chi connectivity index (χ0v) is 17.6. The number of hydrogen-bond acceptors (Lipinski definition) is 5. The molecule has 0 radical (unpaired) electrons. The zero-order chi connectivity index (χ0) is 21.5. The SMILES string of the molecule is Cn1c(=O)ccc2cc(OCCN(CCc3cccnc3)Cc3cccnc3)ccc21. The topological polar surface area (TPSA) is 60.2 Å². The third kappa shape index (κ3) is 5.55. The second-order valence-electron chi connectivity index (χ2n) is 7.55. The molecule has 3 aromatic heterocycles. The molecule has 0 saturated heterocycles. The van der Waals surface area contributed by atoms with Crippen molar-refractivity contribution >= 4 is 10.9 Å². The highest BCUT2D eigenvalue weighted by molar-refractivity contribution is 5.80. The Morgan fingerprint density at radius 2 is 1.71 bits per heavy atom. The Hall–Kier alpha value is -3.51. The predicted octanol–water partition coefficient (Wildman–Crippen LogP) is 3.45. The van der Waals surface area contributed by atoms with E-state index in [1.54, 1.807) is 30.1 Å². The molecule has 0 bridgehead atoms. The lowest BCUT2D eigenvalue weighted by molar-refractivity contribution is 0.204. The van der Waals surface area contributed by atoms with Gasteiger partial charge in [0.15, 0.2) is 0 Å². The minimum Gasteiger partial charge on any atom is -0.492 e. The summed E-state index contributed by atoms with van der Waals surface area (Å²) in [7, 11) is 1.78. The van der Waals surface area contributed by atoms with Gasteiger partial charge >= 0.3 is 0 Å². The first kappa shape index (κ1) is 20.8. The summed E-state index contributed by atoms with van der Waals surface area (Å²) in [5.74, 6) is 0.805. The Balaban J connectivity index is 1.39. The number of fused-ring (bicyclic) bond motifs is 1. The summed E-state index contributed by atoms with van der Waals surface area (Å²) >= 11 is 0. The summed E-state index contributed by atoms with van der Waals surface area (Å²) in [5.41, 5.74) is 3.29. The van der Waals surface area contributed by atoms with Gasteiger partial charge in [-0.1, -0.05) is 12.1 Å². The van der Waals surface area contributed by atoms with Crippen LogP contribution in [0.2, 0.25) is 0 Å². The van der Waals surface area contributed by atoms with E-state index >= 15 is 0 Å². The Morgan fingerprint density at radius 1 is 0.935 bits per heavy atom. The lowest BCUT2D eigenvalue weighted by atomic mass is 10.2. The van der Waals surface area contributed by atoms with Gasteiger partial charge in [-0.25, -0.2) is 0 Å². The van der Waals surface area contributed by atoms with Crippen LogP contribution in [-0.2, 0) is 20.0 Å². The number of pyridine rings is 3. The first-order valence-corrected chi connectivity index (χ1v) is 10.4. The van der Waals surface area contributed by atoms with Crippen molar-refractivity contribution < 1.29 is 4.74 Å². The van der Waals surface area contributed by atoms with Crippen LogP contribution in [0.5, 0.6) is 5.75 Å². The number of nitrogens with zero attached hydrogens (tertiary/aromatic N) is 4. The molecule has 4 aromatic rings. The fraction of sp³-hybridized carbons (Fsp3) is 0.240. The van der Waals surface area contributed by atoms with E-state index in [9.17, 15) is 4.79 Å². The number of hydrogen-bond donors (Lipinski definition) is 0. The fourth-order valence-corrected chi connectivity index (χ4v) is 3.60. The van der Waals surface area contributed by atoms with Crippen LogP contribution in [-0.4, -0.2) is 39.1 Å². The van der Waals surface area contributed by atoms with E-state index in [1.165, 1.54) is 11.1 Å². The molecule has 158 valence electrons. The minimum absolute atomic E-state index is 0.0131. The maximum atomic E-state index is 11.8. The first-order valence-electron chi connectivity index (χ1n) is 10.4. The van der Waals surface area contributed by atoms with Crippen LogP contribution in [0.1, 0.15) is 11.1 Å². The van der Waals surface area contributed by atoms with Gasteiger partial charge in [-0.2, -0.15) is 0 Å². The molecular weight excluding hydrogens is 388 g/mol. The van der Waals surface area contributed by atoms with E-state index in [2.05, 4.69) is 27.0 Å². The van der Waals surface area contributed by atoms with E-state index in [0.717, 1.165) is 42.7 Å². The van der Waals surface area contributed by atoms with Crippen molar-refractivity contribution in [3.63, 3.8) is 0 Å². The maximum Gasteiger partial charge on any atom is 0.250 e. The highest BCUT2D eigenvalue weighted by atomic mass is 16.5. The first-order chi connectivity index (χ1) is 15.2. The molecule has 0 N–H and O–H groups in total. The van der Waals surface area contributed by atoms with Crippen molar-refractivity contribution in [1.82, 2.24) is 19.4 Å². The molecule has 0 spiro atoms. The predicted molar refractivity (Wildman–Crippen MR) is 122 cm³/mol. The van der Waals surface area contributed by atoms with Crippen molar-refractivity contribution in [3.8, 4) is 5.75 Å². The highest BCUT2D eigenvalue weighted by Gasteiger charge is 2.08. The van der Waals surface area contributed by atoms with Gasteiger partial charge in [-0.3, -0.25) is 19.7 Å². The Morgan fingerprint density at radius 3 is 2.45 bits per heavy atom. The van der Waals surface area contributed by atoms with Crippen molar-refractivity contribution in [2.45, 2.75) is 13.0 Å². The zero-order valence-electron chi connectivity index (χ0n) is 17.6. The number of aryl methyl sites for hydroxylation is 1. The molecular formula is C25H26N4O2. The molecule has 3 heterocycles. The average molecular weight is 415 g/mol. The van der Waals surface area contributed by atoms with Gasteiger partial charge in [-0.05, 0) is 53.9 Å². The summed E-state index contributed by atoms with van der Waals surface area (Å²) in [4.78, 5) is 22.6. The average Bonchev–Trinajstić information content (AvgIpc) is 2.81. The molecule has 0 aliphatic rings. The van der Waals surface area contributed by atoms with Crippen LogP contribution in [0, 0.1) is 0 Å². The van der Waals surface area contributed by atoms with E-state index in [1.807, 2.05) is 48.8 Å². The number of ether oxygens (including phenoxy) is 1. The molecule has 1 aromatic carbocycles. The van der Waals surface area contributed by atoms with Crippen molar-refractivity contribution in [3.05, 3.63) is 101 Å². The summed E-state index contributed by atoms with van der Waals surface area (Å²) in [6.45, 7) is 3.09. The molecule has 4 rings (SSSR count). The van der Waals surface area contributed by atoms with Gasteiger partial charge in [0, 0.05) is 62.9 Å². The quantitative estimate of drug-likeness (QED) is 0.420. The number of rotatable bonds is 9. The van der Waals surface area contributed by atoms with Crippen molar-refractivity contribution in [2.75, 3.05) is 19.7 Å². The third-order valence-electron chi connectivity index (χ3n) is 5.34. The van der Waals surface area contributed by atoms with Crippen LogP contribution in [0.15, 0.2) is 84.2 Å². The fourth-order valence-electron chi connectivity index (χ4n) is 3.60. The smallest absolute Gasteiger partial charge is 0.250 e. The van der Waals surface area contributed by atoms with Gasteiger partial charge in [-0.15, -0.1) is 0 Å². The van der Waals surface area contributed by atoms with Gasteiger partial charge in [0.25, 0.3) is 5.56 Å². The van der Waals surface area contributed by atoms with E-state index in [4.69, 9.17) is 4.74 Å². The molecule has 0 unspecified atom stereocenters. The highest BCUT2D eigenvalue weighted by Crippen LogP contribution is 2.19. The molecule has 0 aliphatic carbocycles. The van der Waals surface area contributed by atoms with Crippen molar-refractivity contribution in [2.24, 2.45) is 7.05 Å². The summed E-state index contributed by atoms with van der Waals surface area (Å²) in [6.07, 6.45) is 8.35. The Bertz CT molecular complexity index is 1180. The number of aromatic nitrogens is 3. The minimum atomic E-state index is -0.0131. The monoisotopic (exact) mass is 414 g/mol. The molecule has 0 atom stereocenters. The van der Waals surface area contributed by atoms with Gasteiger partial charge in [0.2, 0.25) is 0 Å². The Kier molecular flexibility index (Phi) is 6.69.